The van der Waals surface area contributed by atoms with Gasteiger partial charge in [-0.15, -0.1) is 0 Å². The number of aryl methyl sites for hydroxylation is 1. The van der Waals surface area contributed by atoms with Gasteiger partial charge in [0.15, 0.2) is 0 Å². The third kappa shape index (κ3) is 2.90. The molecule has 0 saturated carbocycles. The lowest BCUT2D eigenvalue weighted by Gasteiger charge is -2.11. The van der Waals surface area contributed by atoms with Crippen molar-refractivity contribution in [1.82, 2.24) is 9.55 Å². The monoisotopic (exact) mass is 344 g/mol. The minimum absolute atomic E-state index is 0.273. The number of methoxy groups -OCH3 is 2. The zero-order chi connectivity index (χ0) is 17.3. The lowest BCUT2D eigenvalue weighted by molar-refractivity contribution is 0.393. The highest BCUT2D eigenvalue weighted by Crippen LogP contribution is 2.34. The van der Waals surface area contributed by atoms with Crippen molar-refractivity contribution in [2.45, 2.75) is 6.92 Å². The number of nitrogens with one attached hydrogen (secondary N) is 1. The first-order valence-corrected chi connectivity index (χ1v) is 7.72. The Bertz CT molecular complexity index is 926. The van der Waals surface area contributed by atoms with Crippen molar-refractivity contribution in [2.75, 3.05) is 14.2 Å². The first-order chi connectivity index (χ1) is 11.5. The van der Waals surface area contributed by atoms with Gasteiger partial charge in [-0.3, -0.25) is 4.57 Å². The van der Waals surface area contributed by atoms with Crippen LogP contribution in [0, 0.1) is 6.92 Å². The molecule has 6 heteroatoms. The lowest BCUT2D eigenvalue weighted by Crippen LogP contribution is -2.15. The summed E-state index contributed by atoms with van der Waals surface area (Å²) in [6.07, 6.45) is 1.73. The summed E-state index contributed by atoms with van der Waals surface area (Å²) < 4.78 is 12.0. The van der Waals surface area contributed by atoms with E-state index in [0.717, 1.165) is 11.1 Å². The molecule has 124 valence electrons. The molecule has 0 spiro atoms. The molecule has 0 atom stereocenters. The third-order valence-electron chi connectivity index (χ3n) is 3.79. The number of hydrogen-bond donors (Lipinski definition) is 1. The van der Waals surface area contributed by atoms with Crippen LogP contribution in [-0.2, 0) is 0 Å². The number of aromatic nitrogens is 2. The molecule has 1 heterocycles. The van der Waals surface area contributed by atoms with Gasteiger partial charge in [-0.05, 0) is 18.6 Å². The summed E-state index contributed by atoms with van der Waals surface area (Å²) in [5, 5.41) is 0.401. The Kier molecular flexibility index (Phi) is 4.36. The number of H-pyrrole nitrogens is 1. The van der Waals surface area contributed by atoms with E-state index in [0.29, 0.717) is 27.9 Å². The van der Waals surface area contributed by atoms with Crippen molar-refractivity contribution in [3.8, 4) is 28.4 Å². The molecular weight excluding hydrogens is 328 g/mol. The fourth-order valence-corrected chi connectivity index (χ4v) is 2.72. The molecule has 0 aliphatic heterocycles. The summed E-state index contributed by atoms with van der Waals surface area (Å²) in [5.41, 5.74) is 3.07. The summed E-state index contributed by atoms with van der Waals surface area (Å²) in [6.45, 7) is 2.02. The van der Waals surface area contributed by atoms with Crippen LogP contribution < -0.4 is 15.2 Å². The van der Waals surface area contributed by atoms with Crippen molar-refractivity contribution >= 4 is 11.6 Å². The molecule has 3 aromatic rings. The van der Waals surface area contributed by atoms with Gasteiger partial charge < -0.3 is 14.5 Å². The van der Waals surface area contributed by atoms with E-state index in [1.54, 1.807) is 18.3 Å². The van der Waals surface area contributed by atoms with Crippen molar-refractivity contribution in [1.29, 1.82) is 0 Å². The van der Waals surface area contributed by atoms with Crippen LogP contribution in [0.2, 0.25) is 5.02 Å². The molecule has 0 aliphatic rings. The molecule has 1 N–H and O–H groups in total. The molecular formula is C18H17ClN2O3. The topological polar surface area (TPSA) is 56.2 Å². The number of imidazole rings is 1. The van der Waals surface area contributed by atoms with Gasteiger partial charge in [-0.1, -0.05) is 41.4 Å². The maximum Gasteiger partial charge on any atom is 0.330 e. The molecule has 3 rings (SSSR count). The Hall–Kier alpha value is -2.66. The molecule has 0 radical (unpaired) electrons. The van der Waals surface area contributed by atoms with Crippen LogP contribution in [0.5, 0.6) is 11.5 Å². The van der Waals surface area contributed by atoms with Gasteiger partial charge in [-0.25, -0.2) is 4.79 Å². The maximum absolute atomic E-state index is 12.4. The molecule has 0 amide bonds. The molecule has 2 aromatic carbocycles. The molecule has 0 unspecified atom stereocenters. The van der Waals surface area contributed by atoms with Gasteiger partial charge in [0, 0.05) is 12.3 Å². The number of ether oxygens (including phenoxy) is 2. The van der Waals surface area contributed by atoms with Crippen LogP contribution in [0.3, 0.4) is 0 Å². The largest absolute Gasteiger partial charge is 0.495 e. The van der Waals surface area contributed by atoms with Crippen LogP contribution in [0.1, 0.15) is 5.56 Å². The molecule has 0 saturated heterocycles. The van der Waals surface area contributed by atoms with Crippen molar-refractivity contribution in [3.63, 3.8) is 0 Å². The Morgan fingerprint density at radius 1 is 1.04 bits per heavy atom. The average molecular weight is 345 g/mol. The van der Waals surface area contributed by atoms with E-state index in [1.165, 1.54) is 18.8 Å². The smallest absolute Gasteiger partial charge is 0.330 e. The fourth-order valence-electron chi connectivity index (χ4n) is 2.49. The number of nitrogens with zero attached hydrogens (tertiary/aromatic N) is 1. The second kappa shape index (κ2) is 6.45. The van der Waals surface area contributed by atoms with Crippen molar-refractivity contribution < 1.29 is 9.47 Å². The second-order valence-electron chi connectivity index (χ2n) is 5.37. The lowest BCUT2D eigenvalue weighted by atomic mass is 10.1. The third-order valence-corrected chi connectivity index (χ3v) is 4.09. The van der Waals surface area contributed by atoms with E-state index >= 15 is 0 Å². The van der Waals surface area contributed by atoms with E-state index < -0.39 is 0 Å². The van der Waals surface area contributed by atoms with Gasteiger partial charge in [-0.2, -0.15) is 0 Å². The zero-order valence-electron chi connectivity index (χ0n) is 13.6. The van der Waals surface area contributed by atoms with Crippen molar-refractivity contribution in [2.24, 2.45) is 0 Å². The highest BCUT2D eigenvalue weighted by Gasteiger charge is 2.15. The van der Waals surface area contributed by atoms with Gasteiger partial charge in [0.05, 0.1) is 30.6 Å². The SMILES string of the molecule is COc1cc(OC)c(-n2cc(-c3ccc(C)cc3)[nH]c2=O)cc1Cl. The van der Waals surface area contributed by atoms with E-state index in [-0.39, 0.29) is 5.69 Å². The van der Waals surface area contributed by atoms with E-state index in [9.17, 15) is 4.79 Å². The molecule has 24 heavy (non-hydrogen) atoms. The number of hydrogen-bond acceptors (Lipinski definition) is 3. The molecule has 5 nitrogen and oxygen atoms in total. The first-order valence-electron chi connectivity index (χ1n) is 7.34. The van der Waals surface area contributed by atoms with Crippen LogP contribution in [0.25, 0.3) is 16.9 Å². The highest BCUT2D eigenvalue weighted by atomic mass is 35.5. The number of aromatic amines is 1. The fraction of sp³-hybridized carbons (Fsp3) is 0.167. The predicted octanol–water partition coefficient (Wildman–Crippen LogP) is 3.81. The van der Waals surface area contributed by atoms with Crippen molar-refractivity contribution in [3.05, 3.63) is 63.7 Å². The standard InChI is InChI=1S/C18H17ClN2O3/c1-11-4-6-12(7-5-11)14-10-21(18(22)20-14)15-8-13(19)16(23-2)9-17(15)24-3/h4-10H,1-3H3,(H,20,22). The van der Waals surface area contributed by atoms with Gasteiger partial charge in [0.25, 0.3) is 0 Å². The van der Waals surface area contributed by atoms with E-state index in [1.807, 2.05) is 31.2 Å². The zero-order valence-corrected chi connectivity index (χ0v) is 14.3. The first kappa shape index (κ1) is 16.2. The van der Waals surface area contributed by atoms with Crippen LogP contribution in [-0.4, -0.2) is 23.8 Å². The predicted molar refractivity (Wildman–Crippen MR) is 94.7 cm³/mol. The minimum Gasteiger partial charge on any atom is -0.495 e. The molecule has 0 aliphatic carbocycles. The summed E-state index contributed by atoms with van der Waals surface area (Å²) in [6, 6.07) is 11.2. The molecule has 1 aromatic heterocycles. The quantitative estimate of drug-likeness (QED) is 0.783. The Morgan fingerprint density at radius 2 is 1.71 bits per heavy atom. The van der Waals surface area contributed by atoms with Crippen LogP contribution in [0.4, 0.5) is 0 Å². The van der Waals surface area contributed by atoms with E-state index in [2.05, 4.69) is 4.98 Å². The highest BCUT2D eigenvalue weighted by molar-refractivity contribution is 6.32. The van der Waals surface area contributed by atoms with Gasteiger partial charge in [0.1, 0.15) is 11.5 Å². The number of rotatable bonds is 4. The Balaban J connectivity index is 2.12. The van der Waals surface area contributed by atoms with Crippen LogP contribution in [0.15, 0.2) is 47.4 Å². The Labute approximate surface area is 144 Å². The summed E-state index contributed by atoms with van der Waals surface area (Å²) >= 11 is 6.20. The van der Waals surface area contributed by atoms with Crippen LogP contribution >= 0.6 is 11.6 Å². The van der Waals surface area contributed by atoms with Gasteiger partial charge >= 0.3 is 5.69 Å². The summed E-state index contributed by atoms with van der Waals surface area (Å²) in [5.74, 6) is 0.979. The number of benzene rings is 2. The second-order valence-corrected chi connectivity index (χ2v) is 5.77. The number of halogens is 1. The summed E-state index contributed by atoms with van der Waals surface area (Å²) in [7, 11) is 3.06. The molecule has 0 bridgehead atoms. The summed E-state index contributed by atoms with van der Waals surface area (Å²) in [4.78, 5) is 15.2. The maximum atomic E-state index is 12.4. The molecule has 0 fully saturated rings. The minimum atomic E-state index is -0.273. The van der Waals surface area contributed by atoms with E-state index in [4.69, 9.17) is 21.1 Å². The van der Waals surface area contributed by atoms with Gasteiger partial charge in [0.2, 0.25) is 0 Å². The average Bonchev–Trinajstić information content (AvgIpc) is 2.97. The Morgan fingerprint density at radius 3 is 2.33 bits per heavy atom. The normalized spacial score (nSPS) is 10.7.